The maximum Gasteiger partial charge on any atom is 0.270 e. The molecule has 0 atom stereocenters. The van der Waals surface area contributed by atoms with Crippen molar-refractivity contribution in [3.05, 3.63) is 57.6 Å². The van der Waals surface area contributed by atoms with Gasteiger partial charge in [-0.1, -0.05) is 6.07 Å². The van der Waals surface area contributed by atoms with E-state index in [0.717, 1.165) is 22.5 Å². The zero-order valence-corrected chi connectivity index (χ0v) is 17.6. The van der Waals surface area contributed by atoms with Gasteiger partial charge in [-0.2, -0.15) is 4.31 Å². The van der Waals surface area contributed by atoms with Crippen molar-refractivity contribution in [2.75, 3.05) is 26.2 Å². The highest BCUT2D eigenvalue weighted by atomic mass is 32.2. The van der Waals surface area contributed by atoms with Gasteiger partial charge in [0.25, 0.3) is 5.69 Å². The lowest BCUT2D eigenvalue weighted by molar-refractivity contribution is -0.385. The largest absolute Gasteiger partial charge is 0.314 e. The smallest absolute Gasteiger partial charge is 0.270 e. The molecule has 0 saturated carbocycles. The van der Waals surface area contributed by atoms with Gasteiger partial charge in [-0.05, 0) is 43.2 Å². The van der Waals surface area contributed by atoms with Gasteiger partial charge >= 0.3 is 0 Å². The predicted molar refractivity (Wildman–Crippen MR) is 106 cm³/mol. The highest BCUT2D eigenvalue weighted by molar-refractivity contribution is 7.93. The second kappa shape index (κ2) is 7.82. The van der Waals surface area contributed by atoms with Gasteiger partial charge < -0.3 is 5.32 Å². The lowest BCUT2D eigenvalue weighted by Gasteiger charge is -2.27. The molecule has 11 heteroatoms. The van der Waals surface area contributed by atoms with Crippen molar-refractivity contribution < 1.29 is 21.8 Å². The van der Waals surface area contributed by atoms with Crippen LogP contribution in [-0.4, -0.2) is 52.2 Å². The van der Waals surface area contributed by atoms with Crippen LogP contribution in [-0.2, 0) is 19.9 Å². The normalized spacial score (nSPS) is 15.9. The molecule has 156 valence electrons. The molecule has 0 amide bonds. The lowest BCUT2D eigenvalue weighted by atomic mass is 10.2. The predicted octanol–water partition coefficient (Wildman–Crippen LogP) is 1.64. The van der Waals surface area contributed by atoms with Crippen LogP contribution in [0.15, 0.2) is 51.1 Å². The van der Waals surface area contributed by atoms with E-state index in [0.29, 0.717) is 24.2 Å². The third-order valence-electron chi connectivity index (χ3n) is 4.63. The van der Waals surface area contributed by atoms with E-state index in [4.69, 9.17) is 0 Å². The number of non-ortho nitro benzene ring substituents is 1. The van der Waals surface area contributed by atoms with Crippen molar-refractivity contribution in [2.24, 2.45) is 0 Å². The summed E-state index contributed by atoms with van der Waals surface area (Å²) in [7, 11) is -8.47. The summed E-state index contributed by atoms with van der Waals surface area (Å²) in [6.45, 7) is 4.59. The number of benzene rings is 2. The van der Waals surface area contributed by atoms with Gasteiger partial charge in [-0.15, -0.1) is 0 Å². The first-order valence-corrected chi connectivity index (χ1v) is 11.8. The monoisotopic (exact) mass is 439 g/mol. The van der Waals surface area contributed by atoms with Gasteiger partial charge in [0.1, 0.15) is 4.90 Å². The molecule has 1 N–H and O–H groups in total. The van der Waals surface area contributed by atoms with Crippen LogP contribution in [0.5, 0.6) is 0 Å². The second-order valence-corrected chi connectivity index (χ2v) is 10.7. The number of nitrogens with one attached hydrogen (secondary N) is 1. The van der Waals surface area contributed by atoms with E-state index < -0.39 is 40.3 Å². The topological polar surface area (TPSA) is 127 Å². The van der Waals surface area contributed by atoms with Crippen molar-refractivity contribution in [2.45, 2.75) is 28.5 Å². The number of rotatable bonds is 5. The molecule has 29 heavy (non-hydrogen) atoms. The lowest BCUT2D eigenvalue weighted by Crippen LogP contribution is -2.46. The maximum absolute atomic E-state index is 13.3. The minimum atomic E-state index is -4.25. The molecule has 1 aliphatic heterocycles. The average Bonchev–Trinajstić information content (AvgIpc) is 2.67. The molecule has 0 aliphatic carbocycles. The second-order valence-electron chi connectivity index (χ2n) is 6.87. The number of piperazine rings is 1. The van der Waals surface area contributed by atoms with Gasteiger partial charge in [0.2, 0.25) is 19.9 Å². The van der Waals surface area contributed by atoms with E-state index in [1.165, 1.54) is 12.1 Å². The van der Waals surface area contributed by atoms with Crippen LogP contribution < -0.4 is 5.32 Å². The fraction of sp³-hybridized carbons (Fsp3) is 0.333. The molecular formula is C18H21N3O6S2. The number of nitro benzene ring substituents is 1. The highest BCUT2D eigenvalue weighted by Gasteiger charge is 2.34. The van der Waals surface area contributed by atoms with E-state index in [2.05, 4.69) is 5.32 Å². The van der Waals surface area contributed by atoms with Gasteiger partial charge in [0, 0.05) is 38.3 Å². The van der Waals surface area contributed by atoms with Crippen LogP contribution >= 0.6 is 0 Å². The van der Waals surface area contributed by atoms with Crippen molar-refractivity contribution in [1.82, 2.24) is 9.62 Å². The Bertz CT molecular complexity index is 1150. The van der Waals surface area contributed by atoms with Crippen LogP contribution in [0.3, 0.4) is 0 Å². The summed E-state index contributed by atoms with van der Waals surface area (Å²) in [5.41, 5.74) is 0.923. The Morgan fingerprint density at radius 1 is 0.931 bits per heavy atom. The van der Waals surface area contributed by atoms with Crippen molar-refractivity contribution in [3.63, 3.8) is 0 Å². The van der Waals surface area contributed by atoms with Crippen LogP contribution in [0.1, 0.15) is 11.1 Å². The molecule has 2 aromatic rings. The standard InChI is InChI=1S/C18H21N3O6S2/c1-13-9-14(2)11-16(10-13)28(24,25)17-4-3-15(21(22)23)12-18(17)29(26,27)20-7-5-19-6-8-20/h3-4,9-12,19H,5-8H2,1-2H3. The molecule has 9 nitrogen and oxygen atoms in total. The molecule has 0 spiro atoms. The summed E-state index contributed by atoms with van der Waals surface area (Å²) in [6, 6.07) is 7.53. The molecular weight excluding hydrogens is 418 g/mol. The van der Waals surface area contributed by atoms with E-state index in [1.54, 1.807) is 19.9 Å². The zero-order valence-electron chi connectivity index (χ0n) is 16.0. The number of hydrogen-bond acceptors (Lipinski definition) is 7. The Morgan fingerprint density at radius 3 is 2.07 bits per heavy atom. The Labute approximate surface area is 169 Å². The maximum atomic E-state index is 13.3. The summed E-state index contributed by atoms with van der Waals surface area (Å²) in [4.78, 5) is 9.37. The summed E-state index contributed by atoms with van der Waals surface area (Å²) in [5.74, 6) is 0. The number of nitrogens with zero attached hydrogens (tertiary/aromatic N) is 2. The van der Waals surface area contributed by atoms with E-state index >= 15 is 0 Å². The Kier molecular flexibility index (Phi) is 5.77. The number of nitro groups is 1. The number of hydrogen-bond donors (Lipinski definition) is 1. The van der Waals surface area contributed by atoms with Crippen molar-refractivity contribution in [1.29, 1.82) is 0 Å². The van der Waals surface area contributed by atoms with E-state index in [9.17, 15) is 26.9 Å². The summed E-state index contributed by atoms with van der Waals surface area (Å²) in [6.07, 6.45) is 0. The SMILES string of the molecule is Cc1cc(C)cc(S(=O)(=O)c2ccc([N+](=O)[O-])cc2S(=O)(=O)N2CCNCC2)c1. The van der Waals surface area contributed by atoms with Crippen LogP contribution in [0.25, 0.3) is 0 Å². The fourth-order valence-electron chi connectivity index (χ4n) is 3.27. The van der Waals surface area contributed by atoms with Gasteiger partial charge in [0.15, 0.2) is 0 Å². The molecule has 0 bridgehead atoms. The first-order valence-electron chi connectivity index (χ1n) is 8.86. The Morgan fingerprint density at radius 2 is 1.52 bits per heavy atom. The summed E-state index contributed by atoms with van der Waals surface area (Å²) in [5, 5.41) is 14.2. The van der Waals surface area contributed by atoms with E-state index in [1.807, 2.05) is 0 Å². The molecule has 1 heterocycles. The van der Waals surface area contributed by atoms with E-state index in [-0.39, 0.29) is 18.0 Å². The molecule has 2 aromatic carbocycles. The number of sulfone groups is 1. The van der Waals surface area contributed by atoms with Gasteiger partial charge in [0.05, 0.1) is 14.7 Å². The molecule has 3 rings (SSSR count). The van der Waals surface area contributed by atoms with Gasteiger partial charge in [-0.3, -0.25) is 10.1 Å². The molecule has 1 saturated heterocycles. The molecule has 0 unspecified atom stereocenters. The minimum absolute atomic E-state index is 0.0550. The van der Waals surface area contributed by atoms with Crippen LogP contribution in [0.4, 0.5) is 5.69 Å². The van der Waals surface area contributed by atoms with Crippen molar-refractivity contribution in [3.8, 4) is 0 Å². The Balaban J connectivity index is 2.25. The quantitative estimate of drug-likeness (QED) is 0.554. The third-order valence-corrected chi connectivity index (χ3v) is 8.49. The van der Waals surface area contributed by atoms with Crippen molar-refractivity contribution >= 4 is 25.5 Å². The average molecular weight is 440 g/mol. The summed E-state index contributed by atoms with van der Waals surface area (Å²) < 4.78 is 54.2. The van der Waals surface area contributed by atoms with Gasteiger partial charge in [-0.25, -0.2) is 16.8 Å². The first-order chi connectivity index (χ1) is 13.5. The highest BCUT2D eigenvalue weighted by Crippen LogP contribution is 2.33. The molecule has 1 fully saturated rings. The zero-order chi connectivity index (χ0) is 21.4. The summed E-state index contributed by atoms with van der Waals surface area (Å²) >= 11 is 0. The molecule has 0 aromatic heterocycles. The minimum Gasteiger partial charge on any atom is -0.314 e. The molecule has 0 radical (unpaired) electrons. The number of sulfonamides is 1. The fourth-order valence-corrected chi connectivity index (χ4v) is 6.96. The Hall–Kier alpha value is -2.34. The number of aryl methyl sites for hydroxylation is 2. The molecule has 1 aliphatic rings. The van der Waals surface area contributed by atoms with Crippen LogP contribution in [0.2, 0.25) is 0 Å². The first kappa shape index (κ1) is 21.4. The third kappa shape index (κ3) is 4.17. The van der Waals surface area contributed by atoms with Crippen LogP contribution in [0, 0.1) is 24.0 Å².